The lowest BCUT2D eigenvalue weighted by molar-refractivity contribution is 0.414. The summed E-state index contributed by atoms with van der Waals surface area (Å²) in [4.78, 5) is 4.05. The van der Waals surface area contributed by atoms with Crippen LogP contribution in [0.3, 0.4) is 0 Å². The van der Waals surface area contributed by atoms with Gasteiger partial charge in [0.15, 0.2) is 0 Å². The second-order valence-electron chi connectivity index (χ2n) is 4.00. The van der Waals surface area contributed by atoms with Crippen molar-refractivity contribution in [1.29, 1.82) is 0 Å². The summed E-state index contributed by atoms with van der Waals surface area (Å²) < 4.78 is 5.37. The molecule has 92 valence electrons. The fourth-order valence-electron chi connectivity index (χ4n) is 1.93. The Labute approximate surface area is 108 Å². The number of hydrogen-bond acceptors (Lipinski definition) is 2. The molecule has 0 saturated carbocycles. The van der Waals surface area contributed by atoms with E-state index in [0.717, 1.165) is 17.7 Å². The van der Waals surface area contributed by atoms with Crippen LogP contribution in [0.25, 0.3) is 11.6 Å². The van der Waals surface area contributed by atoms with E-state index in [1.54, 1.807) is 7.11 Å². The Balaban J connectivity index is 2.41. The normalized spacial score (nSPS) is 11.3. The first kappa shape index (κ1) is 12.4. The molecule has 0 bridgehead atoms. The Morgan fingerprint density at radius 2 is 1.89 bits per heavy atom. The first-order valence-corrected chi connectivity index (χ1v) is 6.09. The van der Waals surface area contributed by atoms with E-state index in [1.807, 2.05) is 42.7 Å². The van der Waals surface area contributed by atoms with Gasteiger partial charge in [0.2, 0.25) is 0 Å². The Morgan fingerprint density at radius 3 is 2.56 bits per heavy atom. The number of aromatic nitrogens is 1. The lowest BCUT2D eigenvalue weighted by Gasteiger charge is -2.08. The molecule has 0 atom stereocenters. The number of allylic oxidation sites excluding steroid dienone is 1. The summed E-state index contributed by atoms with van der Waals surface area (Å²) in [6.07, 6.45) is 6.79. The van der Waals surface area contributed by atoms with E-state index < -0.39 is 0 Å². The van der Waals surface area contributed by atoms with Crippen LogP contribution in [0.15, 0.2) is 48.8 Å². The van der Waals surface area contributed by atoms with Gasteiger partial charge in [-0.05, 0) is 41.8 Å². The summed E-state index contributed by atoms with van der Waals surface area (Å²) in [5, 5.41) is 0. The molecule has 0 aliphatic heterocycles. The monoisotopic (exact) mass is 239 g/mol. The molecule has 0 aliphatic carbocycles. The predicted octanol–water partition coefficient (Wildman–Crippen LogP) is 4.04. The molecule has 0 N–H and O–H groups in total. The highest BCUT2D eigenvalue weighted by atomic mass is 16.5. The first-order chi connectivity index (χ1) is 8.85. The number of methoxy groups -OCH3 is 1. The number of rotatable bonds is 4. The number of para-hydroxylation sites is 1. The smallest absolute Gasteiger partial charge is 0.126 e. The highest BCUT2D eigenvalue weighted by molar-refractivity contribution is 5.82. The van der Waals surface area contributed by atoms with E-state index in [1.165, 1.54) is 11.1 Å². The van der Waals surface area contributed by atoms with E-state index in [-0.39, 0.29) is 0 Å². The third-order valence-electron chi connectivity index (χ3n) is 2.90. The molecule has 1 aromatic carbocycles. The zero-order chi connectivity index (χ0) is 12.8. The number of benzene rings is 1. The highest BCUT2D eigenvalue weighted by Crippen LogP contribution is 2.25. The molecule has 2 nitrogen and oxygen atoms in total. The Kier molecular flexibility index (Phi) is 4.13. The van der Waals surface area contributed by atoms with Gasteiger partial charge in [0.25, 0.3) is 0 Å². The number of ether oxygens (including phenoxy) is 1. The van der Waals surface area contributed by atoms with Gasteiger partial charge in [0.05, 0.1) is 7.11 Å². The van der Waals surface area contributed by atoms with Crippen molar-refractivity contribution in [3.05, 3.63) is 59.9 Å². The molecular weight excluding hydrogens is 222 g/mol. The van der Waals surface area contributed by atoms with Crippen LogP contribution in [0.1, 0.15) is 24.5 Å². The zero-order valence-electron chi connectivity index (χ0n) is 10.8. The molecule has 0 radical (unpaired) electrons. The zero-order valence-corrected chi connectivity index (χ0v) is 10.8. The molecule has 0 aliphatic rings. The molecule has 2 heteroatoms. The molecule has 18 heavy (non-hydrogen) atoms. The quantitative estimate of drug-likeness (QED) is 0.803. The van der Waals surface area contributed by atoms with Crippen LogP contribution in [0.4, 0.5) is 0 Å². The average molecular weight is 239 g/mol. The van der Waals surface area contributed by atoms with Gasteiger partial charge in [-0.15, -0.1) is 0 Å². The second-order valence-corrected chi connectivity index (χ2v) is 4.00. The minimum Gasteiger partial charge on any atom is -0.496 e. The standard InChI is InChI=1S/C16H17NO/c1-3-13(14-8-10-17-11-9-14)12-15-6-4-5-7-16(15)18-2/h4-12H,3H2,1-2H3/b13-12+. The Morgan fingerprint density at radius 1 is 1.17 bits per heavy atom. The molecule has 0 amide bonds. The van der Waals surface area contributed by atoms with Crippen LogP contribution < -0.4 is 4.74 Å². The van der Waals surface area contributed by atoms with Crippen molar-refractivity contribution in [2.45, 2.75) is 13.3 Å². The van der Waals surface area contributed by atoms with Crippen molar-refractivity contribution in [3.63, 3.8) is 0 Å². The molecule has 0 saturated heterocycles. The minimum absolute atomic E-state index is 0.900. The van der Waals surface area contributed by atoms with Crippen LogP contribution in [0.5, 0.6) is 5.75 Å². The van der Waals surface area contributed by atoms with Crippen molar-refractivity contribution in [1.82, 2.24) is 4.98 Å². The van der Waals surface area contributed by atoms with Gasteiger partial charge in [-0.3, -0.25) is 4.98 Å². The van der Waals surface area contributed by atoms with E-state index >= 15 is 0 Å². The summed E-state index contributed by atoms with van der Waals surface area (Å²) in [5.74, 6) is 0.900. The molecule has 1 aromatic heterocycles. The SMILES string of the molecule is CC/C(=C\c1ccccc1OC)c1ccncc1. The molecule has 0 spiro atoms. The van der Waals surface area contributed by atoms with E-state index in [0.29, 0.717) is 0 Å². The predicted molar refractivity (Wildman–Crippen MR) is 75.4 cm³/mol. The number of pyridine rings is 1. The van der Waals surface area contributed by atoms with Crippen LogP contribution in [0, 0.1) is 0 Å². The van der Waals surface area contributed by atoms with Gasteiger partial charge in [0, 0.05) is 18.0 Å². The maximum absolute atomic E-state index is 5.37. The van der Waals surface area contributed by atoms with Gasteiger partial charge >= 0.3 is 0 Å². The summed E-state index contributed by atoms with van der Waals surface area (Å²) in [6, 6.07) is 12.1. The van der Waals surface area contributed by atoms with Crippen LogP contribution in [-0.4, -0.2) is 12.1 Å². The Hall–Kier alpha value is -2.09. The van der Waals surface area contributed by atoms with Gasteiger partial charge < -0.3 is 4.74 Å². The van der Waals surface area contributed by atoms with E-state index in [9.17, 15) is 0 Å². The van der Waals surface area contributed by atoms with Gasteiger partial charge in [0.1, 0.15) is 5.75 Å². The highest BCUT2D eigenvalue weighted by Gasteiger charge is 2.02. The molecule has 2 aromatic rings. The molecule has 2 rings (SSSR count). The largest absolute Gasteiger partial charge is 0.496 e. The van der Waals surface area contributed by atoms with Crippen LogP contribution >= 0.6 is 0 Å². The van der Waals surface area contributed by atoms with Gasteiger partial charge in [-0.2, -0.15) is 0 Å². The second kappa shape index (κ2) is 6.01. The van der Waals surface area contributed by atoms with Crippen molar-refractivity contribution < 1.29 is 4.74 Å². The van der Waals surface area contributed by atoms with Crippen LogP contribution in [-0.2, 0) is 0 Å². The van der Waals surface area contributed by atoms with E-state index in [2.05, 4.69) is 24.1 Å². The maximum atomic E-state index is 5.37. The third-order valence-corrected chi connectivity index (χ3v) is 2.90. The number of nitrogens with zero attached hydrogens (tertiary/aromatic N) is 1. The van der Waals surface area contributed by atoms with Gasteiger partial charge in [-0.1, -0.05) is 25.1 Å². The lowest BCUT2D eigenvalue weighted by atomic mass is 10.0. The third kappa shape index (κ3) is 2.77. The molecule has 0 fully saturated rings. The van der Waals surface area contributed by atoms with Gasteiger partial charge in [-0.25, -0.2) is 0 Å². The minimum atomic E-state index is 0.900. The Bertz CT molecular complexity index is 532. The summed E-state index contributed by atoms with van der Waals surface area (Å²) in [7, 11) is 1.70. The summed E-state index contributed by atoms with van der Waals surface area (Å²) >= 11 is 0. The van der Waals surface area contributed by atoms with Crippen molar-refractivity contribution in [2.24, 2.45) is 0 Å². The number of hydrogen-bond donors (Lipinski definition) is 0. The topological polar surface area (TPSA) is 22.1 Å². The average Bonchev–Trinajstić information content (AvgIpc) is 2.46. The van der Waals surface area contributed by atoms with Crippen molar-refractivity contribution >= 4 is 11.6 Å². The molecular formula is C16H17NO. The summed E-state index contributed by atoms with van der Waals surface area (Å²) in [5.41, 5.74) is 3.59. The fraction of sp³-hybridized carbons (Fsp3) is 0.188. The lowest BCUT2D eigenvalue weighted by Crippen LogP contribution is -1.88. The van der Waals surface area contributed by atoms with Crippen LogP contribution in [0.2, 0.25) is 0 Å². The van der Waals surface area contributed by atoms with Crippen molar-refractivity contribution in [2.75, 3.05) is 7.11 Å². The first-order valence-electron chi connectivity index (χ1n) is 6.09. The molecule has 1 heterocycles. The molecule has 0 unspecified atom stereocenters. The maximum Gasteiger partial charge on any atom is 0.126 e. The summed E-state index contributed by atoms with van der Waals surface area (Å²) in [6.45, 7) is 2.15. The van der Waals surface area contributed by atoms with Crippen molar-refractivity contribution in [3.8, 4) is 5.75 Å². The fourth-order valence-corrected chi connectivity index (χ4v) is 1.93. The van der Waals surface area contributed by atoms with E-state index in [4.69, 9.17) is 4.74 Å².